The molecule has 0 radical (unpaired) electrons. The molecule has 1 fully saturated rings. The van der Waals surface area contributed by atoms with Crippen LogP contribution < -0.4 is 4.74 Å². The summed E-state index contributed by atoms with van der Waals surface area (Å²) in [7, 11) is 0. The maximum atomic E-state index is 12.6. The highest BCUT2D eigenvalue weighted by Gasteiger charge is 2.30. The molecule has 2 nitrogen and oxygen atoms in total. The van der Waals surface area contributed by atoms with Crippen LogP contribution >= 0.6 is 0 Å². The molecule has 0 amide bonds. The van der Waals surface area contributed by atoms with E-state index in [2.05, 4.69) is 11.8 Å². The van der Waals surface area contributed by atoms with E-state index in [4.69, 9.17) is 4.74 Å². The standard InChI is InChI=1S/C16H22F3NO/c1-2-13-6-8-20(9-7-13)10-11-21-15-5-3-4-14(12-15)16(17,18)19/h3-5,12-13H,2,6-11H2,1H3. The van der Waals surface area contributed by atoms with E-state index in [1.165, 1.54) is 25.3 Å². The minimum Gasteiger partial charge on any atom is -0.492 e. The lowest BCUT2D eigenvalue weighted by atomic mass is 9.94. The van der Waals surface area contributed by atoms with Crippen molar-refractivity contribution in [1.82, 2.24) is 4.90 Å². The molecule has 0 aliphatic carbocycles. The second kappa shape index (κ2) is 7.16. The van der Waals surface area contributed by atoms with Crippen LogP contribution in [0.4, 0.5) is 13.2 Å². The van der Waals surface area contributed by atoms with Crippen LogP contribution in [0, 0.1) is 5.92 Å². The smallest absolute Gasteiger partial charge is 0.416 e. The van der Waals surface area contributed by atoms with Crippen LogP contribution in [-0.4, -0.2) is 31.1 Å². The number of nitrogens with zero attached hydrogens (tertiary/aromatic N) is 1. The van der Waals surface area contributed by atoms with Crippen LogP contribution in [0.15, 0.2) is 24.3 Å². The first-order valence-corrected chi connectivity index (χ1v) is 7.51. The predicted octanol–water partition coefficient (Wildman–Crippen LogP) is 4.21. The summed E-state index contributed by atoms with van der Waals surface area (Å²) < 4.78 is 43.2. The summed E-state index contributed by atoms with van der Waals surface area (Å²) in [5.41, 5.74) is -0.663. The molecule has 2 rings (SSSR count). The lowest BCUT2D eigenvalue weighted by Crippen LogP contribution is -2.36. The molecule has 1 heterocycles. The summed E-state index contributed by atoms with van der Waals surface area (Å²) >= 11 is 0. The van der Waals surface area contributed by atoms with Crippen molar-refractivity contribution in [3.63, 3.8) is 0 Å². The molecule has 1 saturated heterocycles. The van der Waals surface area contributed by atoms with E-state index in [9.17, 15) is 13.2 Å². The fraction of sp³-hybridized carbons (Fsp3) is 0.625. The molecule has 21 heavy (non-hydrogen) atoms. The van der Waals surface area contributed by atoms with Crippen molar-refractivity contribution in [2.75, 3.05) is 26.2 Å². The first-order chi connectivity index (χ1) is 9.99. The second-order valence-corrected chi connectivity index (χ2v) is 5.57. The summed E-state index contributed by atoms with van der Waals surface area (Å²) in [6.45, 7) is 5.54. The summed E-state index contributed by atoms with van der Waals surface area (Å²) in [6.07, 6.45) is -0.671. The van der Waals surface area contributed by atoms with E-state index in [1.54, 1.807) is 6.07 Å². The van der Waals surface area contributed by atoms with Gasteiger partial charge in [-0.15, -0.1) is 0 Å². The highest BCUT2D eigenvalue weighted by atomic mass is 19.4. The Morgan fingerprint density at radius 2 is 1.95 bits per heavy atom. The van der Waals surface area contributed by atoms with Gasteiger partial charge in [0.05, 0.1) is 5.56 Å². The Morgan fingerprint density at radius 3 is 2.57 bits per heavy atom. The Morgan fingerprint density at radius 1 is 1.24 bits per heavy atom. The number of rotatable bonds is 5. The molecule has 5 heteroatoms. The zero-order valence-corrected chi connectivity index (χ0v) is 12.3. The third-order valence-corrected chi connectivity index (χ3v) is 4.12. The molecule has 0 aromatic heterocycles. The van der Waals surface area contributed by atoms with E-state index in [0.29, 0.717) is 6.61 Å². The van der Waals surface area contributed by atoms with Crippen LogP contribution in [0.25, 0.3) is 0 Å². The Labute approximate surface area is 123 Å². The van der Waals surface area contributed by atoms with Crippen molar-refractivity contribution < 1.29 is 17.9 Å². The lowest BCUT2D eigenvalue weighted by molar-refractivity contribution is -0.137. The largest absolute Gasteiger partial charge is 0.492 e. The van der Waals surface area contributed by atoms with Crippen molar-refractivity contribution in [1.29, 1.82) is 0 Å². The van der Waals surface area contributed by atoms with Gasteiger partial charge in [-0.3, -0.25) is 4.90 Å². The van der Waals surface area contributed by atoms with Crippen LogP contribution in [0.3, 0.4) is 0 Å². The molecule has 0 N–H and O–H groups in total. The molecular weight excluding hydrogens is 279 g/mol. The Balaban J connectivity index is 1.76. The molecular formula is C16H22F3NO. The number of alkyl halides is 3. The van der Waals surface area contributed by atoms with E-state index >= 15 is 0 Å². The van der Waals surface area contributed by atoms with Crippen molar-refractivity contribution in [2.24, 2.45) is 5.92 Å². The average Bonchev–Trinajstić information content (AvgIpc) is 2.47. The van der Waals surface area contributed by atoms with Crippen molar-refractivity contribution >= 4 is 0 Å². The first kappa shape index (κ1) is 16.1. The molecule has 0 atom stereocenters. The third-order valence-electron chi connectivity index (χ3n) is 4.12. The van der Waals surface area contributed by atoms with Gasteiger partial charge in [-0.2, -0.15) is 13.2 Å². The van der Waals surface area contributed by atoms with E-state index in [-0.39, 0.29) is 5.75 Å². The van der Waals surface area contributed by atoms with Gasteiger partial charge >= 0.3 is 6.18 Å². The molecule has 1 aliphatic rings. The van der Waals surface area contributed by atoms with Gasteiger partial charge in [-0.1, -0.05) is 19.4 Å². The third kappa shape index (κ3) is 4.92. The number of halogens is 3. The van der Waals surface area contributed by atoms with Crippen LogP contribution in [0.1, 0.15) is 31.7 Å². The van der Waals surface area contributed by atoms with Gasteiger partial charge in [0.25, 0.3) is 0 Å². The van der Waals surface area contributed by atoms with Crippen LogP contribution in [-0.2, 0) is 6.18 Å². The quantitative estimate of drug-likeness (QED) is 0.808. The Kier molecular flexibility index (Phi) is 5.51. The first-order valence-electron chi connectivity index (χ1n) is 7.51. The van der Waals surface area contributed by atoms with Crippen molar-refractivity contribution in [3.05, 3.63) is 29.8 Å². The van der Waals surface area contributed by atoms with Gasteiger partial charge in [-0.25, -0.2) is 0 Å². The van der Waals surface area contributed by atoms with Gasteiger partial charge in [0.2, 0.25) is 0 Å². The molecule has 1 aliphatic heterocycles. The van der Waals surface area contributed by atoms with E-state index in [0.717, 1.165) is 37.7 Å². The number of ether oxygens (including phenoxy) is 1. The van der Waals surface area contributed by atoms with Gasteiger partial charge in [0, 0.05) is 6.54 Å². The molecule has 0 spiro atoms. The lowest BCUT2D eigenvalue weighted by Gasteiger charge is -2.31. The fourth-order valence-corrected chi connectivity index (χ4v) is 2.67. The van der Waals surface area contributed by atoms with Crippen LogP contribution in [0.2, 0.25) is 0 Å². The minimum absolute atomic E-state index is 0.285. The second-order valence-electron chi connectivity index (χ2n) is 5.57. The van der Waals surface area contributed by atoms with Crippen LogP contribution in [0.5, 0.6) is 5.75 Å². The SMILES string of the molecule is CCC1CCN(CCOc2cccc(C(F)(F)F)c2)CC1. The number of hydrogen-bond donors (Lipinski definition) is 0. The topological polar surface area (TPSA) is 12.5 Å². The zero-order valence-electron chi connectivity index (χ0n) is 12.3. The Bertz CT molecular complexity index is 439. The highest BCUT2D eigenvalue weighted by Crippen LogP contribution is 2.31. The minimum atomic E-state index is -4.32. The molecule has 0 bridgehead atoms. The monoisotopic (exact) mass is 301 g/mol. The highest BCUT2D eigenvalue weighted by molar-refractivity contribution is 5.30. The number of likely N-dealkylation sites (tertiary alicyclic amines) is 1. The maximum absolute atomic E-state index is 12.6. The number of hydrogen-bond acceptors (Lipinski definition) is 2. The fourth-order valence-electron chi connectivity index (χ4n) is 2.67. The molecule has 118 valence electrons. The summed E-state index contributed by atoms with van der Waals surface area (Å²) in [6, 6.07) is 5.06. The normalized spacial score (nSPS) is 17.9. The number of benzene rings is 1. The Hall–Kier alpha value is -1.23. The summed E-state index contributed by atoms with van der Waals surface area (Å²) in [4.78, 5) is 2.32. The molecule has 0 saturated carbocycles. The predicted molar refractivity (Wildman–Crippen MR) is 76.4 cm³/mol. The molecule has 1 aromatic rings. The molecule has 1 aromatic carbocycles. The summed E-state index contributed by atoms with van der Waals surface area (Å²) in [5, 5.41) is 0. The van der Waals surface area contributed by atoms with E-state index < -0.39 is 11.7 Å². The summed E-state index contributed by atoms with van der Waals surface area (Å²) in [5.74, 6) is 1.11. The van der Waals surface area contributed by atoms with Gasteiger partial charge in [0.15, 0.2) is 0 Å². The van der Waals surface area contributed by atoms with Crippen molar-refractivity contribution in [2.45, 2.75) is 32.4 Å². The average molecular weight is 301 g/mol. The van der Waals surface area contributed by atoms with Crippen molar-refractivity contribution in [3.8, 4) is 5.75 Å². The maximum Gasteiger partial charge on any atom is 0.416 e. The number of piperidine rings is 1. The zero-order chi connectivity index (χ0) is 15.3. The van der Waals surface area contributed by atoms with E-state index in [1.807, 2.05) is 0 Å². The van der Waals surface area contributed by atoms with Gasteiger partial charge < -0.3 is 4.74 Å². The molecule has 0 unspecified atom stereocenters. The van der Waals surface area contributed by atoms with Gasteiger partial charge in [0.1, 0.15) is 12.4 Å². The van der Waals surface area contributed by atoms with Gasteiger partial charge in [-0.05, 0) is 50.0 Å².